The lowest BCUT2D eigenvalue weighted by Gasteiger charge is -2.42. The van der Waals surface area contributed by atoms with Crippen LogP contribution in [0.25, 0.3) is 6.08 Å². The number of methoxy groups -OCH3 is 2. The van der Waals surface area contributed by atoms with Gasteiger partial charge in [-0.1, -0.05) is 20.8 Å². The number of ether oxygens (including phenoxy) is 4. The van der Waals surface area contributed by atoms with Crippen molar-refractivity contribution >= 4 is 18.0 Å². The minimum atomic E-state index is -1.32. The monoisotopic (exact) mass is 334 g/mol. The van der Waals surface area contributed by atoms with Gasteiger partial charge in [-0.15, -0.1) is 0 Å². The lowest BCUT2D eigenvalue weighted by Crippen LogP contribution is -2.52. The molecule has 0 aliphatic carbocycles. The molecular weight excluding hydrogens is 312 g/mol. The SMILES string of the molecule is COc1ccc(OC)c(C=C2C(=O)OC(C)(C(C)(C)C)OC2=O)c1. The second-order valence-corrected chi connectivity index (χ2v) is 6.64. The van der Waals surface area contributed by atoms with Gasteiger partial charge in [-0.2, -0.15) is 0 Å². The first-order chi connectivity index (χ1) is 11.1. The lowest BCUT2D eigenvalue weighted by molar-refractivity contribution is -0.261. The first-order valence-electron chi connectivity index (χ1n) is 7.51. The van der Waals surface area contributed by atoms with Gasteiger partial charge in [0.25, 0.3) is 5.79 Å². The van der Waals surface area contributed by atoms with Gasteiger partial charge in [-0.3, -0.25) is 0 Å². The summed E-state index contributed by atoms with van der Waals surface area (Å²) in [5, 5.41) is 0. The van der Waals surface area contributed by atoms with Crippen molar-refractivity contribution in [3.63, 3.8) is 0 Å². The second kappa shape index (κ2) is 6.19. The first kappa shape index (κ1) is 17.8. The molecule has 1 fully saturated rings. The van der Waals surface area contributed by atoms with E-state index in [0.717, 1.165) is 0 Å². The maximum Gasteiger partial charge on any atom is 0.348 e. The van der Waals surface area contributed by atoms with Crippen LogP contribution in [0.3, 0.4) is 0 Å². The van der Waals surface area contributed by atoms with Crippen molar-refractivity contribution in [3.8, 4) is 11.5 Å². The van der Waals surface area contributed by atoms with Crippen LogP contribution in [0.1, 0.15) is 33.3 Å². The number of rotatable bonds is 3. The molecule has 0 radical (unpaired) electrons. The Balaban J connectivity index is 2.42. The summed E-state index contributed by atoms with van der Waals surface area (Å²) in [6.45, 7) is 7.06. The first-order valence-corrected chi connectivity index (χ1v) is 7.51. The molecule has 0 unspecified atom stereocenters. The number of benzene rings is 1. The Kier molecular flexibility index (Phi) is 4.60. The molecule has 130 valence electrons. The number of carbonyl (C=O) groups excluding carboxylic acids is 2. The Morgan fingerprint density at radius 1 is 1.04 bits per heavy atom. The minimum absolute atomic E-state index is 0.191. The van der Waals surface area contributed by atoms with E-state index in [2.05, 4.69) is 0 Å². The third-order valence-corrected chi connectivity index (χ3v) is 4.11. The fourth-order valence-electron chi connectivity index (χ4n) is 2.10. The van der Waals surface area contributed by atoms with E-state index in [4.69, 9.17) is 18.9 Å². The summed E-state index contributed by atoms with van der Waals surface area (Å²) >= 11 is 0. The summed E-state index contributed by atoms with van der Waals surface area (Å²) in [5.41, 5.74) is -0.235. The molecule has 0 atom stereocenters. The molecule has 6 heteroatoms. The van der Waals surface area contributed by atoms with E-state index in [9.17, 15) is 9.59 Å². The summed E-state index contributed by atoms with van der Waals surface area (Å²) in [4.78, 5) is 24.7. The maximum atomic E-state index is 12.4. The molecule has 6 nitrogen and oxygen atoms in total. The van der Waals surface area contributed by atoms with E-state index in [1.54, 1.807) is 25.1 Å². The molecule has 0 amide bonds. The Labute approximate surface area is 141 Å². The molecule has 1 aromatic rings. The van der Waals surface area contributed by atoms with E-state index >= 15 is 0 Å². The van der Waals surface area contributed by atoms with E-state index in [-0.39, 0.29) is 5.57 Å². The van der Waals surface area contributed by atoms with E-state index in [1.165, 1.54) is 20.3 Å². The molecule has 1 aliphatic heterocycles. The standard InChI is InChI=1S/C18H22O6/c1-17(2,3)18(4)23-15(19)13(16(20)24-18)10-11-9-12(21-5)7-8-14(11)22-6/h7-10H,1-6H3. The Morgan fingerprint density at radius 2 is 1.62 bits per heavy atom. The molecule has 1 aliphatic rings. The zero-order valence-electron chi connectivity index (χ0n) is 14.8. The van der Waals surface area contributed by atoms with Crippen LogP contribution in [0.15, 0.2) is 23.8 Å². The van der Waals surface area contributed by atoms with Crippen LogP contribution in [-0.4, -0.2) is 31.9 Å². The quantitative estimate of drug-likeness (QED) is 0.481. The third-order valence-electron chi connectivity index (χ3n) is 4.11. The highest BCUT2D eigenvalue weighted by atomic mass is 16.7. The van der Waals surface area contributed by atoms with Crippen molar-refractivity contribution in [2.75, 3.05) is 14.2 Å². The third kappa shape index (κ3) is 3.22. The number of carbonyl (C=O) groups is 2. The largest absolute Gasteiger partial charge is 0.497 e. The van der Waals surface area contributed by atoms with E-state index in [1.807, 2.05) is 20.8 Å². The minimum Gasteiger partial charge on any atom is -0.497 e. The van der Waals surface area contributed by atoms with Crippen LogP contribution in [-0.2, 0) is 19.1 Å². The highest BCUT2D eigenvalue weighted by Gasteiger charge is 2.50. The van der Waals surface area contributed by atoms with Gasteiger partial charge in [-0.25, -0.2) is 9.59 Å². The number of esters is 2. The molecule has 0 N–H and O–H groups in total. The van der Waals surface area contributed by atoms with Crippen molar-refractivity contribution in [2.45, 2.75) is 33.5 Å². The van der Waals surface area contributed by atoms with Crippen molar-refractivity contribution < 1.29 is 28.5 Å². The number of hydrogen-bond donors (Lipinski definition) is 0. The molecule has 1 saturated heterocycles. The normalized spacial score (nSPS) is 21.0. The number of cyclic esters (lactones) is 2. The molecule has 1 heterocycles. The van der Waals surface area contributed by atoms with Gasteiger partial charge in [0.2, 0.25) is 0 Å². The molecule has 0 spiro atoms. The Morgan fingerprint density at radius 3 is 2.08 bits per heavy atom. The summed E-state index contributed by atoms with van der Waals surface area (Å²) in [6, 6.07) is 5.06. The molecule has 2 rings (SSSR count). The van der Waals surface area contributed by atoms with Gasteiger partial charge < -0.3 is 18.9 Å². The van der Waals surface area contributed by atoms with Gasteiger partial charge >= 0.3 is 11.9 Å². The fraction of sp³-hybridized carbons (Fsp3) is 0.444. The van der Waals surface area contributed by atoms with Gasteiger partial charge in [0.05, 0.1) is 14.2 Å². The summed E-state index contributed by atoms with van der Waals surface area (Å²) in [6.07, 6.45) is 1.38. The van der Waals surface area contributed by atoms with Crippen molar-refractivity contribution in [3.05, 3.63) is 29.3 Å². The smallest absolute Gasteiger partial charge is 0.348 e. The fourth-order valence-corrected chi connectivity index (χ4v) is 2.10. The van der Waals surface area contributed by atoms with Crippen molar-refractivity contribution in [2.24, 2.45) is 5.41 Å². The Bertz CT molecular complexity index is 676. The van der Waals surface area contributed by atoms with Crippen LogP contribution in [0, 0.1) is 5.41 Å². The lowest BCUT2D eigenvalue weighted by atomic mass is 9.85. The number of hydrogen-bond acceptors (Lipinski definition) is 6. The summed E-state index contributed by atoms with van der Waals surface area (Å²) in [7, 11) is 3.02. The van der Waals surface area contributed by atoms with Gasteiger partial charge in [-0.05, 0) is 24.3 Å². The molecule has 0 bridgehead atoms. The molecule has 1 aromatic carbocycles. The Hall–Kier alpha value is -2.50. The predicted octanol–water partition coefficient (Wildman–Crippen LogP) is 2.95. The zero-order chi connectivity index (χ0) is 18.1. The highest BCUT2D eigenvalue weighted by Crippen LogP contribution is 2.39. The molecule has 0 saturated carbocycles. The summed E-state index contributed by atoms with van der Waals surface area (Å²) < 4.78 is 21.2. The van der Waals surface area contributed by atoms with Crippen LogP contribution in [0.5, 0.6) is 11.5 Å². The summed E-state index contributed by atoms with van der Waals surface area (Å²) in [5.74, 6) is -1.72. The zero-order valence-corrected chi connectivity index (χ0v) is 14.8. The van der Waals surface area contributed by atoms with Gasteiger partial charge in [0, 0.05) is 17.9 Å². The average Bonchev–Trinajstić information content (AvgIpc) is 2.49. The van der Waals surface area contributed by atoms with Crippen molar-refractivity contribution in [1.29, 1.82) is 0 Å². The average molecular weight is 334 g/mol. The molecule has 24 heavy (non-hydrogen) atoms. The molecule has 0 aromatic heterocycles. The van der Waals surface area contributed by atoms with E-state index < -0.39 is 23.1 Å². The highest BCUT2D eigenvalue weighted by molar-refractivity contribution is 6.19. The van der Waals surface area contributed by atoms with Gasteiger partial charge in [0.1, 0.15) is 17.1 Å². The van der Waals surface area contributed by atoms with Crippen LogP contribution < -0.4 is 9.47 Å². The van der Waals surface area contributed by atoms with Crippen molar-refractivity contribution in [1.82, 2.24) is 0 Å². The van der Waals surface area contributed by atoms with Gasteiger partial charge in [0.15, 0.2) is 0 Å². The second-order valence-electron chi connectivity index (χ2n) is 6.64. The van der Waals surface area contributed by atoms with Crippen LogP contribution in [0.2, 0.25) is 0 Å². The topological polar surface area (TPSA) is 71.1 Å². The van der Waals surface area contributed by atoms with Crippen LogP contribution >= 0.6 is 0 Å². The van der Waals surface area contributed by atoms with E-state index in [0.29, 0.717) is 17.1 Å². The predicted molar refractivity (Wildman–Crippen MR) is 87.6 cm³/mol. The van der Waals surface area contributed by atoms with Crippen LogP contribution in [0.4, 0.5) is 0 Å². The molecular formula is C18H22O6. The maximum absolute atomic E-state index is 12.4.